The molecule has 6 rings (SSSR count). The molecule has 6 heteroatoms. The largest absolute Gasteiger partial charge is 0.478 e. The van der Waals surface area contributed by atoms with Crippen molar-refractivity contribution in [2.24, 2.45) is 35.5 Å². The van der Waals surface area contributed by atoms with Crippen LogP contribution in [0.5, 0.6) is 0 Å². The van der Waals surface area contributed by atoms with Gasteiger partial charge in [-0.05, 0) is 48.3 Å². The lowest BCUT2D eigenvalue weighted by Gasteiger charge is -2.37. The summed E-state index contributed by atoms with van der Waals surface area (Å²) in [7, 11) is 0. The highest BCUT2D eigenvalue weighted by Crippen LogP contribution is 2.65. The molecule has 0 spiro atoms. The summed E-state index contributed by atoms with van der Waals surface area (Å²) in [5.41, 5.74) is 0.197. The third-order valence-corrected chi connectivity index (χ3v) is 6.43. The van der Waals surface area contributed by atoms with Crippen LogP contribution in [0.25, 0.3) is 0 Å². The Labute approximate surface area is 142 Å². The first-order valence-electron chi connectivity index (χ1n) is 8.08. The molecule has 6 atom stereocenters. The summed E-state index contributed by atoms with van der Waals surface area (Å²) in [5.74, 6) is -0.783. The van der Waals surface area contributed by atoms with E-state index >= 15 is 0 Å². The molecule has 1 heterocycles. The van der Waals surface area contributed by atoms with Gasteiger partial charge in [0.05, 0.1) is 28.1 Å². The minimum atomic E-state index is -1.18. The number of rotatable bonds is 2. The molecule has 2 saturated carbocycles. The van der Waals surface area contributed by atoms with E-state index in [1.54, 1.807) is 0 Å². The normalized spacial score (nSPS) is 38.3. The fraction of sp³-hybridized carbons (Fsp3) is 0.389. The zero-order chi connectivity index (χ0) is 16.7. The Kier molecular flexibility index (Phi) is 2.65. The number of hydrogen-bond donors (Lipinski definition) is 1. The molecule has 1 N–H and O–H groups in total. The summed E-state index contributed by atoms with van der Waals surface area (Å²) < 4.78 is 0. The second-order valence-electron chi connectivity index (χ2n) is 7.14. The highest BCUT2D eigenvalue weighted by Gasteiger charge is 2.67. The van der Waals surface area contributed by atoms with Crippen molar-refractivity contribution < 1.29 is 19.5 Å². The maximum Gasteiger partial charge on any atom is 0.337 e. The molecular formula is C18H14ClNO4. The van der Waals surface area contributed by atoms with E-state index < -0.39 is 5.97 Å². The minimum Gasteiger partial charge on any atom is -0.478 e. The average Bonchev–Trinajstić information content (AvgIpc) is 3.33. The molecule has 0 radical (unpaired) electrons. The molecular weight excluding hydrogens is 330 g/mol. The fourth-order valence-corrected chi connectivity index (χ4v) is 5.23. The number of anilines is 1. The molecule has 6 unspecified atom stereocenters. The van der Waals surface area contributed by atoms with Crippen LogP contribution in [0.4, 0.5) is 5.69 Å². The average molecular weight is 344 g/mol. The molecule has 24 heavy (non-hydrogen) atoms. The van der Waals surface area contributed by atoms with Crippen LogP contribution in [0.3, 0.4) is 0 Å². The smallest absolute Gasteiger partial charge is 0.337 e. The van der Waals surface area contributed by atoms with Gasteiger partial charge >= 0.3 is 5.97 Å². The predicted octanol–water partition coefficient (Wildman–Crippen LogP) is 2.60. The SMILES string of the molecule is O=C(O)c1cc(N2C(=O)C3C4C=CC(C5CC45)C3C2=O)ccc1Cl. The monoisotopic (exact) mass is 343 g/mol. The van der Waals surface area contributed by atoms with Gasteiger partial charge in [0.15, 0.2) is 0 Å². The lowest BCUT2D eigenvalue weighted by atomic mass is 9.63. The number of nitrogens with zero attached hydrogens (tertiary/aromatic N) is 1. The second kappa shape index (κ2) is 4.48. The topological polar surface area (TPSA) is 74.7 Å². The van der Waals surface area contributed by atoms with Crippen molar-refractivity contribution in [3.8, 4) is 0 Å². The number of carbonyl (C=O) groups is 3. The number of amides is 2. The Bertz CT molecular complexity index is 811. The van der Waals surface area contributed by atoms with Crippen molar-refractivity contribution in [2.75, 3.05) is 4.90 Å². The summed E-state index contributed by atoms with van der Waals surface area (Å²) in [6.45, 7) is 0. The lowest BCUT2D eigenvalue weighted by molar-refractivity contribution is -0.124. The molecule has 2 amide bonds. The standard InChI is InChI=1S/C18H14ClNO4/c19-13-4-1-7(5-12(13)18(23)24)20-16(21)14-8-2-3-9(11-6-10(8)11)15(14)17(20)22/h1-5,8-11,14-15H,6H2,(H,23,24). The number of carboxylic acid groups (broad SMARTS) is 1. The highest BCUT2D eigenvalue weighted by molar-refractivity contribution is 6.34. The maximum absolute atomic E-state index is 13.0. The molecule has 1 aromatic rings. The maximum atomic E-state index is 13.0. The zero-order valence-electron chi connectivity index (χ0n) is 12.6. The van der Waals surface area contributed by atoms with Crippen LogP contribution in [0.1, 0.15) is 16.8 Å². The second-order valence-corrected chi connectivity index (χ2v) is 7.54. The van der Waals surface area contributed by atoms with Gasteiger partial charge in [-0.3, -0.25) is 9.59 Å². The van der Waals surface area contributed by atoms with Crippen LogP contribution < -0.4 is 4.90 Å². The predicted molar refractivity (Wildman–Crippen MR) is 85.6 cm³/mol. The van der Waals surface area contributed by atoms with E-state index in [9.17, 15) is 19.5 Å². The number of benzene rings is 1. The Morgan fingerprint density at radius 2 is 1.67 bits per heavy atom. The van der Waals surface area contributed by atoms with Gasteiger partial charge < -0.3 is 5.11 Å². The number of aromatic carboxylic acids is 1. The highest BCUT2D eigenvalue weighted by atomic mass is 35.5. The lowest BCUT2D eigenvalue weighted by Crippen LogP contribution is -2.40. The van der Waals surface area contributed by atoms with Gasteiger partial charge in [-0.25, -0.2) is 9.69 Å². The van der Waals surface area contributed by atoms with Crippen LogP contribution in [-0.2, 0) is 9.59 Å². The van der Waals surface area contributed by atoms with Gasteiger partial charge in [0, 0.05) is 0 Å². The van der Waals surface area contributed by atoms with Crippen LogP contribution >= 0.6 is 11.6 Å². The van der Waals surface area contributed by atoms with E-state index in [0.29, 0.717) is 17.5 Å². The number of hydrogen-bond acceptors (Lipinski definition) is 3. The van der Waals surface area contributed by atoms with Crippen LogP contribution in [0.2, 0.25) is 5.02 Å². The van der Waals surface area contributed by atoms with Crippen LogP contribution in [0, 0.1) is 35.5 Å². The molecule has 5 nitrogen and oxygen atoms in total. The van der Waals surface area contributed by atoms with E-state index in [-0.39, 0.29) is 46.1 Å². The van der Waals surface area contributed by atoms with Gasteiger partial charge in [0.25, 0.3) is 0 Å². The molecule has 3 fully saturated rings. The molecule has 2 bridgehead atoms. The molecule has 1 saturated heterocycles. The van der Waals surface area contributed by atoms with Gasteiger partial charge in [-0.1, -0.05) is 23.8 Å². The van der Waals surface area contributed by atoms with E-state index in [4.69, 9.17) is 11.6 Å². The third-order valence-electron chi connectivity index (χ3n) is 6.10. The molecule has 0 aromatic heterocycles. The van der Waals surface area contributed by atoms with E-state index in [1.165, 1.54) is 23.1 Å². The van der Waals surface area contributed by atoms with Gasteiger partial charge in [0.1, 0.15) is 0 Å². The number of carbonyl (C=O) groups excluding carboxylic acids is 2. The van der Waals surface area contributed by atoms with Crippen LogP contribution in [-0.4, -0.2) is 22.9 Å². The molecule has 5 aliphatic rings. The Hall–Kier alpha value is -2.14. The molecule has 1 aromatic carbocycles. The first-order valence-corrected chi connectivity index (χ1v) is 8.46. The van der Waals surface area contributed by atoms with E-state index in [2.05, 4.69) is 12.2 Å². The number of carboxylic acids is 1. The van der Waals surface area contributed by atoms with Gasteiger partial charge in [-0.15, -0.1) is 0 Å². The minimum absolute atomic E-state index is 0.0886. The van der Waals surface area contributed by atoms with Crippen molar-refractivity contribution in [3.63, 3.8) is 0 Å². The quantitative estimate of drug-likeness (QED) is 0.661. The van der Waals surface area contributed by atoms with Gasteiger partial charge in [-0.2, -0.15) is 0 Å². The summed E-state index contributed by atoms with van der Waals surface area (Å²) >= 11 is 5.89. The van der Waals surface area contributed by atoms with Crippen molar-refractivity contribution in [1.82, 2.24) is 0 Å². The first kappa shape index (κ1) is 14.2. The fourth-order valence-electron chi connectivity index (χ4n) is 5.03. The van der Waals surface area contributed by atoms with Crippen molar-refractivity contribution in [3.05, 3.63) is 40.9 Å². The summed E-state index contributed by atoms with van der Waals surface area (Å²) in [6, 6.07) is 4.28. The van der Waals surface area contributed by atoms with Gasteiger partial charge in [0.2, 0.25) is 11.8 Å². The molecule has 122 valence electrons. The van der Waals surface area contributed by atoms with Crippen molar-refractivity contribution >= 4 is 35.1 Å². The Balaban J connectivity index is 1.57. The van der Waals surface area contributed by atoms with Crippen molar-refractivity contribution in [1.29, 1.82) is 0 Å². The Morgan fingerprint density at radius 3 is 2.21 bits per heavy atom. The number of halogens is 1. The number of allylic oxidation sites excluding steroid dienone is 2. The first-order chi connectivity index (χ1) is 11.5. The summed E-state index contributed by atoms with van der Waals surface area (Å²) in [5, 5.41) is 9.31. The van der Waals surface area contributed by atoms with Crippen LogP contribution in [0.15, 0.2) is 30.4 Å². The summed E-state index contributed by atoms with van der Waals surface area (Å²) in [6.07, 6.45) is 5.33. The van der Waals surface area contributed by atoms with E-state index in [0.717, 1.165) is 6.42 Å². The molecule has 4 aliphatic carbocycles. The number of imide groups is 1. The molecule has 1 aliphatic heterocycles. The third kappa shape index (κ3) is 1.63. The van der Waals surface area contributed by atoms with Crippen molar-refractivity contribution in [2.45, 2.75) is 6.42 Å². The van der Waals surface area contributed by atoms with E-state index in [1.807, 2.05) is 0 Å². The zero-order valence-corrected chi connectivity index (χ0v) is 13.3. The summed E-state index contributed by atoms with van der Waals surface area (Å²) in [4.78, 5) is 38.4. The Morgan fingerprint density at radius 1 is 1.08 bits per heavy atom.